The number of carbonyl (C=O) groups excluding carboxylic acids is 1. The van der Waals surface area contributed by atoms with Gasteiger partial charge in [0.25, 0.3) is 0 Å². The standard InChI is InChI=1S/C21H22O4/c1-4-23-19(22)16-13-24-17-12-14(7-8-15(16)17)9-11-21-18(25-21)6-5-10-20(21,2)3/h7-8,12-13,18H,4-6,10H2,1-3H3. The maximum absolute atomic E-state index is 11.9. The molecule has 1 aliphatic carbocycles. The Morgan fingerprint density at radius 2 is 2.24 bits per heavy atom. The molecule has 0 radical (unpaired) electrons. The van der Waals surface area contributed by atoms with E-state index < -0.39 is 0 Å². The predicted octanol–water partition coefficient (Wildman–Crippen LogP) is 4.31. The number of ether oxygens (including phenoxy) is 2. The lowest BCUT2D eigenvalue weighted by Crippen LogP contribution is -2.37. The van der Waals surface area contributed by atoms with Gasteiger partial charge in [-0.1, -0.05) is 32.1 Å². The maximum atomic E-state index is 11.9. The van der Waals surface area contributed by atoms with Gasteiger partial charge in [0.15, 0.2) is 5.60 Å². The summed E-state index contributed by atoms with van der Waals surface area (Å²) in [6, 6.07) is 5.65. The quantitative estimate of drug-likeness (QED) is 0.465. The number of carbonyl (C=O) groups is 1. The number of rotatable bonds is 2. The van der Waals surface area contributed by atoms with E-state index in [4.69, 9.17) is 13.9 Å². The minimum atomic E-state index is -0.364. The van der Waals surface area contributed by atoms with Crippen LogP contribution in [0.4, 0.5) is 0 Å². The monoisotopic (exact) mass is 338 g/mol. The second-order valence-electron chi connectivity index (χ2n) is 7.45. The van der Waals surface area contributed by atoms with Crippen LogP contribution >= 0.6 is 0 Å². The van der Waals surface area contributed by atoms with Gasteiger partial charge in [-0.25, -0.2) is 4.79 Å². The zero-order chi connectivity index (χ0) is 17.7. The molecule has 4 nitrogen and oxygen atoms in total. The lowest BCUT2D eigenvalue weighted by molar-refractivity contribution is 0.0527. The second kappa shape index (κ2) is 5.64. The van der Waals surface area contributed by atoms with Gasteiger partial charge in [-0.3, -0.25) is 0 Å². The highest BCUT2D eigenvalue weighted by atomic mass is 16.6. The van der Waals surface area contributed by atoms with E-state index in [-0.39, 0.29) is 23.1 Å². The smallest absolute Gasteiger partial charge is 0.342 e. The first-order valence-corrected chi connectivity index (χ1v) is 8.86. The molecular formula is C21H22O4. The van der Waals surface area contributed by atoms with Gasteiger partial charge in [-0.2, -0.15) is 0 Å². The molecule has 1 aromatic carbocycles. The Morgan fingerprint density at radius 3 is 3.00 bits per heavy atom. The van der Waals surface area contributed by atoms with Crippen LogP contribution in [-0.2, 0) is 9.47 Å². The summed E-state index contributed by atoms with van der Waals surface area (Å²) in [5, 5.41) is 0.751. The SMILES string of the molecule is CCOC(=O)c1coc2cc(C#CC34OC3CCCC4(C)C)ccc12. The van der Waals surface area contributed by atoms with Crippen LogP contribution in [0.2, 0.25) is 0 Å². The fourth-order valence-electron chi connectivity index (χ4n) is 3.88. The van der Waals surface area contributed by atoms with Crippen molar-refractivity contribution >= 4 is 16.9 Å². The molecule has 2 heterocycles. The Balaban J connectivity index is 1.63. The van der Waals surface area contributed by atoms with Gasteiger partial charge in [0.05, 0.1) is 6.61 Å². The molecule has 130 valence electrons. The third-order valence-electron chi connectivity index (χ3n) is 5.46. The summed E-state index contributed by atoms with van der Waals surface area (Å²) in [6.07, 6.45) is 5.15. The molecule has 4 heteroatoms. The molecule has 2 atom stereocenters. The number of furan rings is 1. The minimum Gasteiger partial charge on any atom is -0.463 e. The first-order valence-electron chi connectivity index (χ1n) is 8.86. The first kappa shape index (κ1) is 16.2. The Labute approximate surface area is 147 Å². The summed E-state index contributed by atoms with van der Waals surface area (Å²) < 4.78 is 16.6. The van der Waals surface area contributed by atoms with Gasteiger partial charge in [-0.05, 0) is 38.0 Å². The average molecular weight is 338 g/mol. The van der Waals surface area contributed by atoms with Crippen molar-refractivity contribution in [1.29, 1.82) is 0 Å². The van der Waals surface area contributed by atoms with Gasteiger partial charge in [-0.15, -0.1) is 0 Å². The summed E-state index contributed by atoms with van der Waals surface area (Å²) in [6.45, 7) is 6.60. The zero-order valence-electron chi connectivity index (χ0n) is 14.8. The molecule has 1 saturated carbocycles. The highest BCUT2D eigenvalue weighted by Gasteiger charge is 2.65. The molecule has 2 aromatic rings. The molecule has 1 aromatic heterocycles. The van der Waals surface area contributed by atoms with Gasteiger partial charge in [0, 0.05) is 16.4 Å². The van der Waals surface area contributed by atoms with E-state index in [1.54, 1.807) is 6.92 Å². The van der Waals surface area contributed by atoms with E-state index in [1.165, 1.54) is 12.7 Å². The fourth-order valence-corrected chi connectivity index (χ4v) is 3.88. The van der Waals surface area contributed by atoms with E-state index in [0.717, 1.165) is 23.8 Å². The van der Waals surface area contributed by atoms with E-state index in [1.807, 2.05) is 18.2 Å². The summed E-state index contributed by atoms with van der Waals surface area (Å²) in [5.74, 6) is 6.28. The Morgan fingerprint density at radius 1 is 1.40 bits per heavy atom. The van der Waals surface area contributed by atoms with E-state index in [9.17, 15) is 4.79 Å². The van der Waals surface area contributed by atoms with Crippen LogP contribution in [0.25, 0.3) is 11.0 Å². The van der Waals surface area contributed by atoms with E-state index >= 15 is 0 Å². The molecule has 1 saturated heterocycles. The summed E-state index contributed by atoms with van der Waals surface area (Å²) in [4.78, 5) is 11.9. The van der Waals surface area contributed by atoms with Crippen LogP contribution in [0, 0.1) is 17.3 Å². The van der Waals surface area contributed by atoms with Gasteiger partial charge in [0.2, 0.25) is 0 Å². The molecule has 0 bridgehead atoms. The lowest BCUT2D eigenvalue weighted by Gasteiger charge is -2.32. The van der Waals surface area contributed by atoms with Gasteiger partial charge >= 0.3 is 5.97 Å². The van der Waals surface area contributed by atoms with Gasteiger partial charge < -0.3 is 13.9 Å². The number of fused-ring (bicyclic) bond motifs is 2. The van der Waals surface area contributed by atoms with Crippen LogP contribution in [0.3, 0.4) is 0 Å². The van der Waals surface area contributed by atoms with Crippen molar-refractivity contribution in [2.45, 2.75) is 51.7 Å². The molecule has 2 unspecified atom stereocenters. The highest BCUT2D eigenvalue weighted by Crippen LogP contribution is 2.57. The van der Waals surface area contributed by atoms with Crippen LogP contribution < -0.4 is 0 Å². The van der Waals surface area contributed by atoms with Crippen molar-refractivity contribution in [2.75, 3.05) is 6.61 Å². The fraction of sp³-hybridized carbons (Fsp3) is 0.476. The molecule has 4 rings (SSSR count). The normalized spacial score (nSPS) is 26.4. The minimum absolute atomic E-state index is 0.0782. The number of esters is 1. The summed E-state index contributed by atoms with van der Waals surface area (Å²) in [5.41, 5.74) is 1.73. The summed E-state index contributed by atoms with van der Waals surface area (Å²) in [7, 11) is 0. The number of benzene rings is 1. The Hall–Kier alpha value is -2.25. The highest BCUT2D eigenvalue weighted by molar-refractivity contribution is 6.03. The first-order chi connectivity index (χ1) is 12.0. The number of epoxide rings is 1. The van der Waals surface area contributed by atoms with Crippen molar-refractivity contribution < 1.29 is 18.7 Å². The molecule has 0 N–H and O–H groups in total. The number of hydrogen-bond acceptors (Lipinski definition) is 4. The molecule has 2 fully saturated rings. The zero-order valence-corrected chi connectivity index (χ0v) is 14.8. The van der Waals surface area contributed by atoms with Crippen LogP contribution in [0.1, 0.15) is 56.0 Å². The van der Waals surface area contributed by atoms with Gasteiger partial charge in [0.1, 0.15) is 23.5 Å². The van der Waals surface area contributed by atoms with Crippen LogP contribution in [0.15, 0.2) is 28.9 Å². The number of hydrogen-bond donors (Lipinski definition) is 0. The third-order valence-corrected chi connectivity index (χ3v) is 5.46. The molecule has 0 spiro atoms. The lowest BCUT2D eigenvalue weighted by atomic mass is 9.69. The van der Waals surface area contributed by atoms with E-state index in [0.29, 0.717) is 17.8 Å². The molecule has 1 aliphatic heterocycles. The second-order valence-corrected chi connectivity index (χ2v) is 7.45. The van der Waals surface area contributed by atoms with Crippen molar-refractivity contribution in [1.82, 2.24) is 0 Å². The molecular weight excluding hydrogens is 316 g/mol. The van der Waals surface area contributed by atoms with Crippen molar-refractivity contribution in [3.63, 3.8) is 0 Å². The Kier molecular flexibility index (Phi) is 3.66. The van der Waals surface area contributed by atoms with Crippen molar-refractivity contribution in [3.8, 4) is 11.8 Å². The predicted molar refractivity (Wildman–Crippen MR) is 94.3 cm³/mol. The summed E-state index contributed by atoms with van der Waals surface area (Å²) >= 11 is 0. The maximum Gasteiger partial charge on any atom is 0.342 e. The van der Waals surface area contributed by atoms with Crippen molar-refractivity contribution in [2.24, 2.45) is 5.41 Å². The Bertz CT molecular complexity index is 895. The third kappa shape index (κ3) is 2.54. The molecule has 0 amide bonds. The van der Waals surface area contributed by atoms with Crippen LogP contribution in [-0.4, -0.2) is 24.3 Å². The van der Waals surface area contributed by atoms with Crippen molar-refractivity contribution in [3.05, 3.63) is 35.6 Å². The van der Waals surface area contributed by atoms with E-state index in [2.05, 4.69) is 25.7 Å². The molecule has 2 aliphatic rings. The molecule has 25 heavy (non-hydrogen) atoms. The largest absolute Gasteiger partial charge is 0.463 e. The average Bonchev–Trinajstić information content (AvgIpc) is 3.16. The topological polar surface area (TPSA) is 52.0 Å². The van der Waals surface area contributed by atoms with Crippen LogP contribution in [0.5, 0.6) is 0 Å².